The molecular weight excluding hydrogens is 484 g/mol. The van der Waals surface area contributed by atoms with E-state index in [0.717, 1.165) is 5.56 Å². The van der Waals surface area contributed by atoms with Gasteiger partial charge in [-0.2, -0.15) is 0 Å². The number of phenolic OH excluding ortho intramolecular Hbond substituents is 2. The summed E-state index contributed by atoms with van der Waals surface area (Å²) in [7, 11) is 0. The molecule has 7 heteroatoms. The second-order valence-corrected chi connectivity index (χ2v) is 12.0. The maximum Gasteiger partial charge on any atom is 0.264 e. The molecule has 0 amide bonds. The van der Waals surface area contributed by atoms with Crippen LogP contribution in [0, 0.1) is 23.7 Å². The van der Waals surface area contributed by atoms with Crippen molar-refractivity contribution in [2.45, 2.75) is 73.0 Å². The fourth-order valence-electron chi connectivity index (χ4n) is 6.29. The zero-order chi connectivity index (χ0) is 27.9. The van der Waals surface area contributed by atoms with Crippen molar-refractivity contribution >= 4 is 17.3 Å². The zero-order valence-electron chi connectivity index (χ0n) is 22.9. The van der Waals surface area contributed by atoms with Crippen molar-refractivity contribution in [3.63, 3.8) is 0 Å². The second kappa shape index (κ2) is 8.19. The Morgan fingerprint density at radius 2 is 1.61 bits per heavy atom. The molecule has 2 heterocycles. The molecule has 200 valence electrons. The van der Waals surface area contributed by atoms with Crippen molar-refractivity contribution in [2.24, 2.45) is 16.7 Å². The van der Waals surface area contributed by atoms with Gasteiger partial charge in [-0.15, -0.1) is 0 Å². The molecule has 2 atom stereocenters. The fourth-order valence-corrected chi connectivity index (χ4v) is 6.29. The van der Waals surface area contributed by atoms with Gasteiger partial charge in [-0.25, -0.2) is 0 Å². The first-order valence-corrected chi connectivity index (χ1v) is 13.1. The number of ether oxygens (including phenoxy) is 2. The SMILES string of the molecule is Cc1c(O)c(C(=O)CCc2ccccc2)c2c(c1O)C1C3=C(OC1(C(C)C)O2)C(C)(C)C(=O)C(C)(C)C3=O. The standard InChI is InChI=1S/C31H34O7/c1-15(2)31-22(21-26(35)29(4,5)28(36)30(6,7)27(21)38-31)20-24(34)16(3)23(33)19(25(20)37-31)18(32)14-13-17-11-9-8-10-12-17/h8-12,15,22,33-34H,13-14H2,1-7H3. The van der Waals surface area contributed by atoms with Crippen LogP contribution in [-0.4, -0.2) is 33.3 Å². The van der Waals surface area contributed by atoms with Gasteiger partial charge in [0.05, 0.1) is 22.0 Å². The van der Waals surface area contributed by atoms with Crippen molar-refractivity contribution in [1.82, 2.24) is 0 Å². The van der Waals surface area contributed by atoms with Gasteiger partial charge in [0.25, 0.3) is 5.79 Å². The molecule has 38 heavy (non-hydrogen) atoms. The molecule has 0 saturated carbocycles. The average molecular weight is 519 g/mol. The van der Waals surface area contributed by atoms with Crippen LogP contribution in [0.5, 0.6) is 17.2 Å². The summed E-state index contributed by atoms with van der Waals surface area (Å²) in [6, 6.07) is 9.55. The molecule has 2 aliphatic heterocycles. The highest BCUT2D eigenvalue weighted by Gasteiger charge is 2.69. The third-order valence-corrected chi connectivity index (χ3v) is 8.50. The number of benzene rings is 2. The topological polar surface area (TPSA) is 110 Å². The van der Waals surface area contributed by atoms with Gasteiger partial charge in [-0.3, -0.25) is 14.4 Å². The summed E-state index contributed by atoms with van der Waals surface area (Å²) >= 11 is 0. The van der Waals surface area contributed by atoms with Gasteiger partial charge in [-0.1, -0.05) is 44.2 Å². The third kappa shape index (κ3) is 3.23. The normalized spacial score (nSPS) is 24.6. The van der Waals surface area contributed by atoms with Crippen LogP contribution in [0.3, 0.4) is 0 Å². The highest BCUT2D eigenvalue weighted by Crippen LogP contribution is 2.66. The van der Waals surface area contributed by atoms with E-state index < -0.39 is 22.5 Å². The highest BCUT2D eigenvalue weighted by molar-refractivity contribution is 6.20. The van der Waals surface area contributed by atoms with Crippen LogP contribution < -0.4 is 4.74 Å². The Kier molecular flexibility index (Phi) is 5.61. The Morgan fingerprint density at radius 3 is 2.21 bits per heavy atom. The van der Waals surface area contributed by atoms with Crippen LogP contribution in [-0.2, 0) is 20.7 Å². The average Bonchev–Trinajstić information content (AvgIpc) is 3.38. The van der Waals surface area contributed by atoms with Gasteiger partial charge < -0.3 is 19.7 Å². The van der Waals surface area contributed by atoms with Crippen molar-refractivity contribution in [3.8, 4) is 17.2 Å². The minimum Gasteiger partial charge on any atom is -0.507 e. The van der Waals surface area contributed by atoms with Gasteiger partial charge in [0.2, 0.25) is 0 Å². The van der Waals surface area contributed by atoms with E-state index >= 15 is 0 Å². The van der Waals surface area contributed by atoms with Crippen LogP contribution in [0.25, 0.3) is 0 Å². The lowest BCUT2D eigenvalue weighted by molar-refractivity contribution is -0.177. The molecule has 0 spiro atoms. The van der Waals surface area contributed by atoms with E-state index in [1.165, 1.54) is 6.92 Å². The van der Waals surface area contributed by atoms with E-state index in [9.17, 15) is 24.6 Å². The maximum atomic E-state index is 13.9. The van der Waals surface area contributed by atoms with Crippen molar-refractivity contribution in [1.29, 1.82) is 0 Å². The number of aromatic hydroxyl groups is 2. The molecule has 7 nitrogen and oxygen atoms in total. The van der Waals surface area contributed by atoms with E-state index in [4.69, 9.17) is 9.47 Å². The van der Waals surface area contributed by atoms with Crippen LogP contribution in [0.4, 0.5) is 0 Å². The number of Topliss-reactive ketones (excluding diaryl/α,β-unsaturated/α-hetero) is 3. The van der Waals surface area contributed by atoms with E-state index in [2.05, 4.69) is 0 Å². The third-order valence-electron chi connectivity index (χ3n) is 8.50. The Balaban J connectivity index is 1.71. The second-order valence-electron chi connectivity index (χ2n) is 12.0. The Morgan fingerprint density at radius 1 is 0.974 bits per heavy atom. The van der Waals surface area contributed by atoms with E-state index in [1.807, 2.05) is 44.2 Å². The lowest BCUT2D eigenvalue weighted by Crippen LogP contribution is -2.48. The quantitative estimate of drug-likeness (QED) is 0.395. The van der Waals surface area contributed by atoms with Crippen LogP contribution in [0.15, 0.2) is 41.7 Å². The van der Waals surface area contributed by atoms with E-state index in [1.54, 1.807) is 27.7 Å². The predicted octanol–water partition coefficient (Wildman–Crippen LogP) is 5.54. The minimum absolute atomic E-state index is 0.0238. The molecule has 0 saturated heterocycles. The zero-order valence-corrected chi connectivity index (χ0v) is 22.9. The largest absolute Gasteiger partial charge is 0.507 e. The molecule has 0 radical (unpaired) electrons. The van der Waals surface area contributed by atoms with Crippen molar-refractivity contribution < 1.29 is 34.1 Å². The Bertz CT molecular complexity index is 1430. The van der Waals surface area contributed by atoms with Gasteiger partial charge in [0.15, 0.2) is 17.3 Å². The van der Waals surface area contributed by atoms with E-state index in [0.29, 0.717) is 6.42 Å². The molecule has 0 aromatic heterocycles. The number of hydrogen-bond donors (Lipinski definition) is 2. The molecule has 2 N–H and O–H groups in total. The first-order chi connectivity index (χ1) is 17.7. The lowest BCUT2D eigenvalue weighted by Gasteiger charge is -2.38. The summed E-state index contributed by atoms with van der Waals surface area (Å²) in [5, 5.41) is 22.4. The van der Waals surface area contributed by atoms with Crippen LogP contribution in [0.2, 0.25) is 0 Å². The minimum atomic E-state index is -1.47. The first-order valence-electron chi connectivity index (χ1n) is 13.1. The number of rotatable bonds is 5. The molecule has 5 rings (SSSR count). The number of fused-ring (bicyclic) bond motifs is 4. The fraction of sp³-hybridized carbons (Fsp3) is 0.452. The smallest absolute Gasteiger partial charge is 0.264 e. The summed E-state index contributed by atoms with van der Waals surface area (Å²) in [6.07, 6.45) is 0.570. The molecule has 2 aromatic rings. The van der Waals surface area contributed by atoms with Crippen LogP contribution in [0.1, 0.15) is 80.9 Å². The molecular formula is C31H34O7. The summed E-state index contributed by atoms with van der Waals surface area (Å²) in [6.45, 7) is 11.9. The Hall–Kier alpha value is -3.61. The molecule has 2 unspecified atom stereocenters. The molecule has 3 aliphatic rings. The molecule has 1 aliphatic carbocycles. The number of ketones is 3. The first kappa shape index (κ1) is 26.0. The number of allylic oxidation sites excluding steroid dienone is 1. The van der Waals surface area contributed by atoms with Crippen LogP contribution >= 0.6 is 0 Å². The Labute approximate surface area is 222 Å². The van der Waals surface area contributed by atoms with Gasteiger partial charge in [0, 0.05) is 17.9 Å². The van der Waals surface area contributed by atoms with Gasteiger partial charge in [0.1, 0.15) is 34.5 Å². The molecule has 2 aromatic carbocycles. The van der Waals surface area contributed by atoms with E-state index in [-0.39, 0.29) is 75.0 Å². The lowest BCUT2D eigenvalue weighted by atomic mass is 9.61. The predicted molar refractivity (Wildman–Crippen MR) is 140 cm³/mol. The van der Waals surface area contributed by atoms with Crippen molar-refractivity contribution in [3.05, 3.63) is 63.9 Å². The number of carbonyl (C=O) groups is 3. The van der Waals surface area contributed by atoms with Gasteiger partial charge >= 0.3 is 0 Å². The summed E-state index contributed by atoms with van der Waals surface area (Å²) in [4.78, 5) is 40.8. The highest BCUT2D eigenvalue weighted by atomic mass is 16.7. The summed E-state index contributed by atoms with van der Waals surface area (Å²) < 4.78 is 13.0. The number of carbonyl (C=O) groups excluding carboxylic acids is 3. The summed E-state index contributed by atoms with van der Waals surface area (Å²) in [5.41, 5.74) is -0.794. The number of aryl methyl sites for hydroxylation is 1. The number of phenols is 2. The molecule has 0 fully saturated rings. The molecule has 0 bridgehead atoms. The summed E-state index contributed by atoms with van der Waals surface area (Å²) in [5.74, 6) is -3.98. The monoisotopic (exact) mass is 518 g/mol. The van der Waals surface area contributed by atoms with Crippen molar-refractivity contribution in [2.75, 3.05) is 0 Å². The maximum absolute atomic E-state index is 13.9. The van der Waals surface area contributed by atoms with Gasteiger partial charge in [-0.05, 0) is 46.6 Å². The number of hydrogen-bond acceptors (Lipinski definition) is 7.